The summed E-state index contributed by atoms with van der Waals surface area (Å²) in [6, 6.07) is 0. The summed E-state index contributed by atoms with van der Waals surface area (Å²) < 4.78 is 50.8. The van der Waals surface area contributed by atoms with Crippen molar-refractivity contribution >= 4 is 0 Å². The van der Waals surface area contributed by atoms with Crippen molar-refractivity contribution in [3.63, 3.8) is 0 Å². The largest absolute Gasteiger partial charge is 0.412 e. The Kier molecular flexibility index (Phi) is 9.13. The van der Waals surface area contributed by atoms with Crippen molar-refractivity contribution in [3.8, 4) is 0 Å². The third kappa shape index (κ3) is 7.55. The molecule has 0 aromatic carbocycles. The van der Waals surface area contributed by atoms with E-state index in [2.05, 4.69) is 6.92 Å². The van der Waals surface area contributed by atoms with Crippen LogP contribution in [-0.2, 0) is 0 Å². The molecular formula is C26H42F4. The second-order valence-corrected chi connectivity index (χ2v) is 10.7. The molecule has 0 aromatic rings. The Labute approximate surface area is 181 Å². The number of halogens is 4. The normalized spacial score (nSPS) is 36.6. The third-order valence-electron chi connectivity index (χ3n) is 8.67. The maximum Gasteiger partial charge on any atom is 0.412 e. The van der Waals surface area contributed by atoms with Gasteiger partial charge in [-0.05, 0) is 81.0 Å². The van der Waals surface area contributed by atoms with E-state index in [1.165, 1.54) is 77.0 Å². The van der Waals surface area contributed by atoms with Crippen LogP contribution >= 0.6 is 0 Å². The Morgan fingerprint density at radius 1 is 0.667 bits per heavy atom. The van der Waals surface area contributed by atoms with Crippen molar-refractivity contribution in [2.45, 2.75) is 116 Å². The van der Waals surface area contributed by atoms with Crippen LogP contribution in [-0.4, -0.2) is 6.18 Å². The van der Waals surface area contributed by atoms with Gasteiger partial charge in [0, 0.05) is 5.92 Å². The highest BCUT2D eigenvalue weighted by Gasteiger charge is 2.32. The molecule has 0 aliphatic heterocycles. The molecule has 0 heterocycles. The average molecular weight is 431 g/mol. The van der Waals surface area contributed by atoms with Gasteiger partial charge in [0.05, 0.1) is 6.08 Å². The van der Waals surface area contributed by atoms with Crippen molar-refractivity contribution in [2.75, 3.05) is 0 Å². The lowest BCUT2D eigenvalue weighted by atomic mass is 9.68. The molecular weight excluding hydrogens is 388 g/mol. The highest BCUT2D eigenvalue weighted by Crippen LogP contribution is 2.44. The van der Waals surface area contributed by atoms with E-state index in [0.717, 1.165) is 36.5 Å². The second kappa shape index (κ2) is 11.4. The second-order valence-electron chi connectivity index (χ2n) is 10.7. The number of rotatable bonds is 7. The SMILES string of the molecule is CCCC1CCC(C2CCC(CCC3CCC(C(F)=CC(F)(F)F)CC3)CC2)CC1. The third-order valence-corrected chi connectivity index (χ3v) is 8.67. The van der Waals surface area contributed by atoms with Crippen LogP contribution in [0.4, 0.5) is 17.6 Å². The zero-order valence-electron chi connectivity index (χ0n) is 18.9. The van der Waals surface area contributed by atoms with Crippen molar-refractivity contribution in [1.82, 2.24) is 0 Å². The Morgan fingerprint density at radius 2 is 1.07 bits per heavy atom. The van der Waals surface area contributed by atoms with Gasteiger partial charge in [0.25, 0.3) is 0 Å². The van der Waals surface area contributed by atoms with E-state index in [0.29, 0.717) is 18.8 Å². The summed E-state index contributed by atoms with van der Waals surface area (Å²) >= 11 is 0. The zero-order valence-corrected chi connectivity index (χ0v) is 18.9. The Morgan fingerprint density at radius 3 is 1.47 bits per heavy atom. The van der Waals surface area contributed by atoms with Crippen LogP contribution in [0.2, 0.25) is 0 Å². The highest BCUT2D eigenvalue weighted by atomic mass is 19.4. The molecule has 0 nitrogen and oxygen atoms in total. The fourth-order valence-corrected chi connectivity index (χ4v) is 6.78. The molecule has 0 unspecified atom stereocenters. The number of allylic oxidation sites excluding steroid dienone is 2. The minimum Gasteiger partial charge on any atom is -0.212 e. The first-order valence-electron chi connectivity index (χ1n) is 12.8. The van der Waals surface area contributed by atoms with E-state index in [9.17, 15) is 17.6 Å². The highest BCUT2D eigenvalue weighted by molar-refractivity contribution is 5.03. The van der Waals surface area contributed by atoms with Crippen LogP contribution in [0, 0.1) is 35.5 Å². The molecule has 0 bridgehead atoms. The maximum atomic E-state index is 13.8. The van der Waals surface area contributed by atoms with Gasteiger partial charge in [0.15, 0.2) is 0 Å². The Hall–Kier alpha value is -0.540. The Balaban J connectivity index is 1.30. The van der Waals surface area contributed by atoms with Gasteiger partial charge in [0.2, 0.25) is 0 Å². The predicted octanol–water partition coefficient (Wildman–Crippen LogP) is 9.40. The average Bonchev–Trinajstić information content (AvgIpc) is 2.73. The first-order valence-corrected chi connectivity index (χ1v) is 12.8. The van der Waals surface area contributed by atoms with Gasteiger partial charge < -0.3 is 0 Å². The van der Waals surface area contributed by atoms with Gasteiger partial charge in [-0.2, -0.15) is 13.2 Å². The first-order chi connectivity index (χ1) is 14.3. The summed E-state index contributed by atoms with van der Waals surface area (Å²) in [7, 11) is 0. The van der Waals surface area contributed by atoms with Gasteiger partial charge in [-0.15, -0.1) is 0 Å². The summed E-state index contributed by atoms with van der Waals surface area (Å²) in [6.07, 6.45) is 14.9. The van der Waals surface area contributed by atoms with E-state index in [-0.39, 0.29) is 6.08 Å². The fraction of sp³-hybridized carbons (Fsp3) is 0.923. The maximum absolute atomic E-state index is 13.8. The van der Waals surface area contributed by atoms with Gasteiger partial charge >= 0.3 is 6.18 Å². The number of hydrogen-bond acceptors (Lipinski definition) is 0. The number of hydrogen-bond donors (Lipinski definition) is 0. The van der Waals surface area contributed by atoms with Crippen LogP contribution < -0.4 is 0 Å². The van der Waals surface area contributed by atoms with Crippen LogP contribution in [0.15, 0.2) is 11.9 Å². The predicted molar refractivity (Wildman–Crippen MR) is 116 cm³/mol. The van der Waals surface area contributed by atoms with E-state index >= 15 is 0 Å². The molecule has 3 aliphatic rings. The zero-order chi connectivity index (χ0) is 21.6. The number of alkyl halides is 3. The van der Waals surface area contributed by atoms with Crippen LogP contribution in [0.1, 0.15) is 110 Å². The molecule has 3 saturated carbocycles. The van der Waals surface area contributed by atoms with E-state index in [1.54, 1.807) is 0 Å². The van der Waals surface area contributed by atoms with Gasteiger partial charge in [-0.3, -0.25) is 0 Å². The molecule has 0 saturated heterocycles. The van der Waals surface area contributed by atoms with Gasteiger partial charge in [-0.1, -0.05) is 58.3 Å². The van der Waals surface area contributed by atoms with Crippen LogP contribution in [0.5, 0.6) is 0 Å². The van der Waals surface area contributed by atoms with E-state index in [1.807, 2.05) is 0 Å². The minimum atomic E-state index is -4.53. The molecule has 3 rings (SSSR count). The van der Waals surface area contributed by atoms with E-state index in [4.69, 9.17) is 0 Å². The van der Waals surface area contributed by atoms with Crippen molar-refractivity contribution in [2.24, 2.45) is 35.5 Å². The van der Waals surface area contributed by atoms with Crippen molar-refractivity contribution in [3.05, 3.63) is 11.9 Å². The smallest absolute Gasteiger partial charge is 0.212 e. The summed E-state index contributed by atoms with van der Waals surface area (Å²) in [4.78, 5) is 0. The molecule has 30 heavy (non-hydrogen) atoms. The summed E-state index contributed by atoms with van der Waals surface area (Å²) in [5.41, 5.74) is 0. The van der Waals surface area contributed by atoms with Crippen molar-refractivity contribution in [1.29, 1.82) is 0 Å². The van der Waals surface area contributed by atoms with Crippen molar-refractivity contribution < 1.29 is 17.6 Å². The quantitative estimate of drug-likeness (QED) is 0.353. The lowest BCUT2D eigenvalue weighted by molar-refractivity contribution is -0.0821. The molecule has 0 radical (unpaired) electrons. The monoisotopic (exact) mass is 430 g/mol. The summed E-state index contributed by atoms with van der Waals surface area (Å²) in [6.45, 7) is 2.31. The molecule has 0 N–H and O–H groups in total. The van der Waals surface area contributed by atoms with E-state index < -0.39 is 17.9 Å². The molecule has 0 aromatic heterocycles. The molecule has 0 spiro atoms. The molecule has 3 fully saturated rings. The Bertz CT molecular complexity index is 514. The summed E-state index contributed by atoms with van der Waals surface area (Å²) in [5.74, 6) is 2.91. The summed E-state index contributed by atoms with van der Waals surface area (Å²) in [5, 5.41) is 0. The fourth-order valence-electron chi connectivity index (χ4n) is 6.78. The van der Waals surface area contributed by atoms with Gasteiger partial charge in [-0.25, -0.2) is 4.39 Å². The topological polar surface area (TPSA) is 0 Å². The van der Waals surface area contributed by atoms with Crippen LogP contribution in [0.25, 0.3) is 0 Å². The van der Waals surface area contributed by atoms with Gasteiger partial charge in [0.1, 0.15) is 5.83 Å². The molecule has 0 atom stereocenters. The lowest BCUT2D eigenvalue weighted by Gasteiger charge is -2.38. The minimum absolute atomic E-state index is 0.132. The molecule has 174 valence electrons. The molecule has 3 aliphatic carbocycles. The van der Waals surface area contributed by atoms with Crippen LogP contribution in [0.3, 0.4) is 0 Å². The lowest BCUT2D eigenvalue weighted by Crippen LogP contribution is -2.26. The molecule has 0 amide bonds. The molecule has 4 heteroatoms. The standard InChI is InChI=1S/C26H42F4/c1-2-3-19-6-12-22(13-7-19)23-14-8-20(9-15-23)4-5-21-10-16-24(17-11-21)25(27)18-26(28,29)30/h18-24H,2-17H2,1H3. The first kappa shape index (κ1) is 24.1.